The quantitative estimate of drug-likeness (QED) is 0.681. The lowest BCUT2D eigenvalue weighted by Gasteiger charge is -2.35. The first-order chi connectivity index (χ1) is 7.58. The van der Waals surface area contributed by atoms with Gasteiger partial charge in [-0.2, -0.15) is 22.0 Å². The molecule has 0 aromatic carbocycles. The SMILES string of the molecule is COC(C)(CCN(C)C)C(F)(F)C(F)=C(F)F. The highest BCUT2D eigenvalue weighted by molar-refractivity contribution is 5.13. The third-order valence-electron chi connectivity index (χ3n) is 2.59. The summed E-state index contributed by atoms with van der Waals surface area (Å²) in [5.74, 6) is -7.10. The van der Waals surface area contributed by atoms with Gasteiger partial charge in [-0.3, -0.25) is 0 Å². The van der Waals surface area contributed by atoms with E-state index in [1.165, 1.54) is 0 Å². The van der Waals surface area contributed by atoms with Crippen molar-refractivity contribution in [3.05, 3.63) is 11.9 Å². The summed E-state index contributed by atoms with van der Waals surface area (Å²) in [5, 5.41) is 0. The van der Waals surface area contributed by atoms with Gasteiger partial charge in [-0.25, -0.2) is 0 Å². The van der Waals surface area contributed by atoms with Crippen molar-refractivity contribution in [2.24, 2.45) is 0 Å². The molecule has 7 heteroatoms. The average molecular weight is 261 g/mol. The summed E-state index contributed by atoms with van der Waals surface area (Å²) in [5.41, 5.74) is -2.31. The first-order valence-corrected chi connectivity index (χ1v) is 4.87. The van der Waals surface area contributed by atoms with Gasteiger partial charge in [-0.1, -0.05) is 0 Å². The monoisotopic (exact) mass is 261 g/mol. The Kier molecular flexibility index (Phi) is 5.54. The van der Waals surface area contributed by atoms with E-state index in [2.05, 4.69) is 4.74 Å². The van der Waals surface area contributed by atoms with Crippen LogP contribution in [0.1, 0.15) is 13.3 Å². The molecule has 0 radical (unpaired) electrons. The molecule has 102 valence electrons. The fraction of sp³-hybridized carbons (Fsp3) is 0.800. The van der Waals surface area contributed by atoms with Crippen molar-refractivity contribution in [1.82, 2.24) is 4.90 Å². The summed E-state index contributed by atoms with van der Waals surface area (Å²) in [6.07, 6.45) is -3.31. The van der Waals surface area contributed by atoms with Gasteiger partial charge in [-0.15, -0.1) is 0 Å². The molecule has 0 rings (SSSR count). The maximum absolute atomic E-state index is 13.5. The third-order valence-corrected chi connectivity index (χ3v) is 2.59. The second kappa shape index (κ2) is 5.77. The van der Waals surface area contributed by atoms with Crippen LogP contribution >= 0.6 is 0 Å². The van der Waals surface area contributed by atoms with Crippen LogP contribution in [-0.2, 0) is 4.74 Å². The molecule has 0 aliphatic rings. The topological polar surface area (TPSA) is 12.5 Å². The number of alkyl halides is 2. The molecule has 0 aromatic rings. The minimum Gasteiger partial charge on any atom is -0.372 e. The van der Waals surface area contributed by atoms with Crippen molar-refractivity contribution in [1.29, 1.82) is 0 Å². The summed E-state index contributed by atoms with van der Waals surface area (Å²) in [7, 11) is 4.18. The van der Waals surface area contributed by atoms with Gasteiger partial charge in [0.1, 0.15) is 5.60 Å². The molecule has 0 spiro atoms. The third kappa shape index (κ3) is 3.64. The number of hydrogen-bond acceptors (Lipinski definition) is 2. The van der Waals surface area contributed by atoms with Crippen molar-refractivity contribution in [3.8, 4) is 0 Å². The Hall–Kier alpha value is -0.690. The van der Waals surface area contributed by atoms with E-state index in [4.69, 9.17) is 0 Å². The van der Waals surface area contributed by atoms with Crippen LogP contribution in [0.15, 0.2) is 11.9 Å². The highest BCUT2D eigenvalue weighted by Gasteiger charge is 2.56. The summed E-state index contributed by atoms with van der Waals surface area (Å²) in [6, 6.07) is 0. The highest BCUT2D eigenvalue weighted by atomic mass is 19.3. The van der Waals surface area contributed by atoms with Gasteiger partial charge in [0.15, 0.2) is 0 Å². The molecular weight excluding hydrogens is 245 g/mol. The normalized spacial score (nSPS) is 15.9. The van der Waals surface area contributed by atoms with Gasteiger partial charge in [-0.05, 0) is 27.4 Å². The number of rotatable bonds is 6. The molecule has 0 bridgehead atoms. The lowest BCUT2D eigenvalue weighted by molar-refractivity contribution is -0.180. The van der Waals surface area contributed by atoms with E-state index >= 15 is 0 Å². The molecule has 1 atom stereocenters. The van der Waals surface area contributed by atoms with Crippen LogP contribution in [0.4, 0.5) is 22.0 Å². The molecule has 0 heterocycles. The lowest BCUT2D eigenvalue weighted by atomic mass is 9.92. The standard InChI is InChI=1S/C10H16F5NO/c1-9(17-4,5-6-16(2)3)10(14,15)7(11)8(12)13/h5-6H2,1-4H3. The van der Waals surface area contributed by atoms with Crippen LogP contribution in [0.2, 0.25) is 0 Å². The van der Waals surface area contributed by atoms with Crippen molar-refractivity contribution in [2.75, 3.05) is 27.7 Å². The number of halogens is 5. The molecule has 17 heavy (non-hydrogen) atoms. The number of nitrogens with zero attached hydrogens (tertiary/aromatic N) is 1. The molecule has 0 fully saturated rings. The molecule has 0 aliphatic heterocycles. The van der Waals surface area contributed by atoms with E-state index in [-0.39, 0.29) is 13.0 Å². The van der Waals surface area contributed by atoms with Crippen LogP contribution in [0.3, 0.4) is 0 Å². The van der Waals surface area contributed by atoms with Crippen molar-refractivity contribution in [3.63, 3.8) is 0 Å². The van der Waals surface area contributed by atoms with Gasteiger partial charge >= 0.3 is 12.0 Å². The largest absolute Gasteiger partial charge is 0.372 e. The lowest BCUT2D eigenvalue weighted by Crippen LogP contribution is -2.49. The molecule has 0 aromatic heterocycles. The second-order valence-corrected chi connectivity index (χ2v) is 4.14. The van der Waals surface area contributed by atoms with E-state index in [9.17, 15) is 22.0 Å². The Morgan fingerprint density at radius 3 is 1.94 bits per heavy atom. The molecular formula is C10H16F5NO. The van der Waals surface area contributed by atoms with E-state index < -0.39 is 23.4 Å². The molecule has 0 N–H and O–H groups in total. The van der Waals surface area contributed by atoms with Crippen LogP contribution in [0.25, 0.3) is 0 Å². The van der Waals surface area contributed by atoms with E-state index in [1.807, 2.05) is 0 Å². The minimum atomic E-state index is -4.36. The maximum atomic E-state index is 13.5. The Bertz CT molecular complexity index is 288. The first-order valence-electron chi connectivity index (χ1n) is 4.87. The van der Waals surface area contributed by atoms with Crippen LogP contribution in [-0.4, -0.2) is 44.2 Å². The minimum absolute atomic E-state index is 0.154. The zero-order chi connectivity index (χ0) is 13.9. The summed E-state index contributed by atoms with van der Waals surface area (Å²) < 4.78 is 68.3. The Balaban J connectivity index is 5.14. The van der Waals surface area contributed by atoms with Crippen molar-refractivity contribution < 1.29 is 26.7 Å². The molecule has 0 aliphatic carbocycles. The van der Waals surface area contributed by atoms with Crippen molar-refractivity contribution >= 4 is 0 Å². The predicted octanol–water partition coefficient (Wildman–Crippen LogP) is 3.06. The smallest absolute Gasteiger partial charge is 0.332 e. The van der Waals surface area contributed by atoms with E-state index in [0.717, 1.165) is 14.0 Å². The van der Waals surface area contributed by atoms with Crippen molar-refractivity contribution in [2.45, 2.75) is 24.9 Å². The van der Waals surface area contributed by atoms with Crippen LogP contribution < -0.4 is 0 Å². The molecule has 2 nitrogen and oxygen atoms in total. The molecule has 1 unspecified atom stereocenters. The predicted molar refractivity (Wildman–Crippen MR) is 53.9 cm³/mol. The Morgan fingerprint density at radius 2 is 1.65 bits per heavy atom. The van der Waals surface area contributed by atoms with Gasteiger partial charge in [0, 0.05) is 13.7 Å². The average Bonchev–Trinajstić information content (AvgIpc) is 2.24. The summed E-state index contributed by atoms with van der Waals surface area (Å²) in [4.78, 5) is 1.57. The Labute approximate surface area is 97.0 Å². The van der Waals surface area contributed by atoms with Crippen LogP contribution in [0, 0.1) is 0 Å². The summed E-state index contributed by atoms with van der Waals surface area (Å²) >= 11 is 0. The van der Waals surface area contributed by atoms with E-state index in [1.54, 1.807) is 19.0 Å². The van der Waals surface area contributed by atoms with Gasteiger partial charge in [0.05, 0.1) is 0 Å². The fourth-order valence-corrected chi connectivity index (χ4v) is 1.18. The number of ether oxygens (including phenoxy) is 1. The zero-order valence-corrected chi connectivity index (χ0v) is 10.2. The van der Waals surface area contributed by atoms with Gasteiger partial charge in [0.25, 0.3) is 0 Å². The Morgan fingerprint density at radius 1 is 1.18 bits per heavy atom. The highest BCUT2D eigenvalue weighted by Crippen LogP contribution is 2.42. The van der Waals surface area contributed by atoms with E-state index in [0.29, 0.717) is 0 Å². The molecule has 0 saturated heterocycles. The number of methoxy groups -OCH3 is 1. The fourth-order valence-electron chi connectivity index (χ4n) is 1.18. The first kappa shape index (κ1) is 16.3. The summed E-state index contributed by atoms with van der Waals surface area (Å²) in [6.45, 7) is 1.06. The second-order valence-electron chi connectivity index (χ2n) is 4.14. The van der Waals surface area contributed by atoms with Crippen LogP contribution in [0.5, 0.6) is 0 Å². The number of hydrogen-bond donors (Lipinski definition) is 0. The zero-order valence-electron chi connectivity index (χ0n) is 10.2. The molecule has 0 amide bonds. The maximum Gasteiger partial charge on any atom is 0.332 e. The van der Waals surface area contributed by atoms with Gasteiger partial charge < -0.3 is 9.64 Å². The van der Waals surface area contributed by atoms with Gasteiger partial charge in [0.2, 0.25) is 5.83 Å². The molecule has 0 saturated carbocycles.